The minimum atomic E-state index is 0.0519. The minimum absolute atomic E-state index is 0.0519. The standard InChI is InChI=1S/C11H15N3O.C2H6/c1-9-2-4-13(5-3-9)11(15)14-7-10(6-12)8-14;1-2/h2,10H,3-5,7-8H2,1H3;1-2H3. The van der Waals surface area contributed by atoms with Crippen LogP contribution in [0.2, 0.25) is 0 Å². The lowest BCUT2D eigenvalue weighted by molar-refractivity contribution is 0.110. The number of urea groups is 1. The van der Waals surface area contributed by atoms with Crippen molar-refractivity contribution in [1.29, 1.82) is 5.26 Å². The third-order valence-corrected chi connectivity index (χ3v) is 3.04. The van der Waals surface area contributed by atoms with Gasteiger partial charge in [0.15, 0.2) is 0 Å². The SMILES string of the molecule is CC.CC1=CCN(C(=O)N2CC(C#N)C2)CC1. The van der Waals surface area contributed by atoms with Crippen LogP contribution in [0, 0.1) is 17.2 Å². The molecule has 0 aromatic rings. The highest BCUT2D eigenvalue weighted by Crippen LogP contribution is 2.18. The van der Waals surface area contributed by atoms with Crippen LogP contribution >= 0.6 is 0 Å². The molecule has 0 unspecified atom stereocenters. The zero-order valence-corrected chi connectivity index (χ0v) is 10.9. The van der Waals surface area contributed by atoms with E-state index in [9.17, 15) is 4.79 Å². The number of nitriles is 1. The molecule has 17 heavy (non-hydrogen) atoms. The van der Waals surface area contributed by atoms with Gasteiger partial charge in [0.2, 0.25) is 0 Å². The molecule has 0 aliphatic carbocycles. The molecule has 0 spiro atoms. The van der Waals surface area contributed by atoms with Gasteiger partial charge in [-0.15, -0.1) is 0 Å². The smallest absolute Gasteiger partial charge is 0.320 e. The number of carbonyl (C=O) groups is 1. The molecular weight excluding hydrogens is 214 g/mol. The molecule has 0 radical (unpaired) electrons. The maximum Gasteiger partial charge on any atom is 0.320 e. The highest BCUT2D eigenvalue weighted by Gasteiger charge is 2.33. The van der Waals surface area contributed by atoms with Gasteiger partial charge in [0, 0.05) is 26.2 Å². The molecule has 4 nitrogen and oxygen atoms in total. The van der Waals surface area contributed by atoms with Crippen LogP contribution in [0.15, 0.2) is 11.6 Å². The number of nitrogens with zero attached hydrogens (tertiary/aromatic N) is 3. The molecule has 1 fully saturated rings. The van der Waals surface area contributed by atoms with Gasteiger partial charge < -0.3 is 9.80 Å². The highest BCUT2D eigenvalue weighted by molar-refractivity contribution is 5.75. The van der Waals surface area contributed by atoms with Crippen LogP contribution in [0.25, 0.3) is 0 Å². The molecule has 2 amide bonds. The largest absolute Gasteiger partial charge is 0.322 e. The molecule has 0 atom stereocenters. The second kappa shape index (κ2) is 6.29. The first-order chi connectivity index (χ1) is 8.20. The molecule has 2 aliphatic heterocycles. The van der Waals surface area contributed by atoms with Gasteiger partial charge in [-0.1, -0.05) is 25.5 Å². The van der Waals surface area contributed by atoms with E-state index in [1.54, 1.807) is 4.90 Å². The van der Waals surface area contributed by atoms with Crippen LogP contribution in [0.5, 0.6) is 0 Å². The van der Waals surface area contributed by atoms with Gasteiger partial charge in [-0.2, -0.15) is 5.26 Å². The second-order valence-corrected chi connectivity index (χ2v) is 4.26. The average Bonchev–Trinajstić information content (AvgIpc) is 2.31. The van der Waals surface area contributed by atoms with E-state index in [4.69, 9.17) is 5.26 Å². The summed E-state index contributed by atoms with van der Waals surface area (Å²) < 4.78 is 0. The lowest BCUT2D eigenvalue weighted by Gasteiger charge is -2.39. The zero-order chi connectivity index (χ0) is 12.8. The van der Waals surface area contributed by atoms with Crippen LogP contribution < -0.4 is 0 Å². The third kappa shape index (κ3) is 3.23. The number of rotatable bonds is 0. The Hall–Kier alpha value is -1.50. The normalized spacial score (nSPS) is 19.5. The van der Waals surface area contributed by atoms with Gasteiger partial charge in [-0.3, -0.25) is 0 Å². The van der Waals surface area contributed by atoms with Crippen molar-refractivity contribution in [2.24, 2.45) is 5.92 Å². The monoisotopic (exact) mass is 235 g/mol. The Bertz CT molecular complexity index is 337. The lowest BCUT2D eigenvalue weighted by Crippen LogP contribution is -2.55. The summed E-state index contributed by atoms with van der Waals surface area (Å²) in [7, 11) is 0. The van der Waals surface area contributed by atoms with Crippen molar-refractivity contribution < 1.29 is 4.79 Å². The summed E-state index contributed by atoms with van der Waals surface area (Å²) in [6.07, 6.45) is 3.07. The average molecular weight is 235 g/mol. The van der Waals surface area contributed by atoms with E-state index < -0.39 is 0 Å². The van der Waals surface area contributed by atoms with Crippen molar-refractivity contribution in [2.45, 2.75) is 27.2 Å². The van der Waals surface area contributed by atoms with E-state index in [0.717, 1.165) is 19.5 Å². The van der Waals surface area contributed by atoms with Crippen LogP contribution in [0.1, 0.15) is 27.2 Å². The minimum Gasteiger partial charge on any atom is -0.322 e. The number of amides is 2. The lowest BCUT2D eigenvalue weighted by atomic mass is 10.0. The summed E-state index contributed by atoms with van der Waals surface area (Å²) in [5.41, 5.74) is 1.36. The molecule has 94 valence electrons. The predicted octanol–water partition coefficient (Wildman–Crippen LogP) is 2.24. The summed E-state index contributed by atoms with van der Waals surface area (Å²) in [6.45, 7) is 8.84. The first kappa shape index (κ1) is 13.6. The molecule has 0 saturated carbocycles. The van der Waals surface area contributed by atoms with Crippen LogP contribution in [-0.2, 0) is 0 Å². The van der Waals surface area contributed by atoms with Crippen LogP contribution in [-0.4, -0.2) is 42.0 Å². The van der Waals surface area contributed by atoms with Crippen molar-refractivity contribution in [3.05, 3.63) is 11.6 Å². The van der Waals surface area contributed by atoms with Gasteiger partial charge in [0.05, 0.1) is 12.0 Å². The first-order valence-electron chi connectivity index (χ1n) is 6.30. The molecule has 0 aromatic heterocycles. The summed E-state index contributed by atoms with van der Waals surface area (Å²) in [4.78, 5) is 15.5. The van der Waals surface area contributed by atoms with Crippen molar-refractivity contribution in [3.8, 4) is 6.07 Å². The quantitative estimate of drug-likeness (QED) is 0.604. The van der Waals surface area contributed by atoms with E-state index in [1.807, 2.05) is 18.7 Å². The number of likely N-dealkylation sites (tertiary alicyclic amines) is 1. The van der Waals surface area contributed by atoms with E-state index in [2.05, 4.69) is 19.1 Å². The fourth-order valence-corrected chi connectivity index (χ4v) is 1.86. The van der Waals surface area contributed by atoms with Gasteiger partial charge in [-0.05, 0) is 13.3 Å². The summed E-state index contributed by atoms with van der Waals surface area (Å²) in [5, 5.41) is 8.62. The van der Waals surface area contributed by atoms with Crippen molar-refractivity contribution >= 4 is 6.03 Å². The highest BCUT2D eigenvalue weighted by atomic mass is 16.2. The molecule has 2 aliphatic rings. The Morgan fingerprint density at radius 3 is 2.53 bits per heavy atom. The molecule has 2 heterocycles. The Morgan fingerprint density at radius 2 is 2.06 bits per heavy atom. The zero-order valence-electron chi connectivity index (χ0n) is 10.9. The number of hydrogen-bond donors (Lipinski definition) is 0. The maximum absolute atomic E-state index is 11.9. The number of carbonyl (C=O) groups excluding carboxylic acids is 1. The van der Waals surface area contributed by atoms with Crippen LogP contribution in [0.4, 0.5) is 4.79 Å². The Morgan fingerprint density at radius 1 is 1.41 bits per heavy atom. The van der Waals surface area contributed by atoms with Gasteiger partial charge in [-0.25, -0.2) is 4.79 Å². The summed E-state index contributed by atoms with van der Waals surface area (Å²) in [5.74, 6) is 0.0519. The van der Waals surface area contributed by atoms with Crippen molar-refractivity contribution in [1.82, 2.24) is 9.80 Å². The van der Waals surface area contributed by atoms with E-state index in [-0.39, 0.29) is 11.9 Å². The molecule has 2 rings (SSSR count). The van der Waals surface area contributed by atoms with Crippen molar-refractivity contribution in [2.75, 3.05) is 26.2 Å². The predicted molar refractivity (Wildman–Crippen MR) is 67.4 cm³/mol. The van der Waals surface area contributed by atoms with Gasteiger partial charge in [0.1, 0.15) is 0 Å². The second-order valence-electron chi connectivity index (χ2n) is 4.26. The molecule has 4 heteroatoms. The fraction of sp³-hybridized carbons (Fsp3) is 0.692. The van der Waals surface area contributed by atoms with Gasteiger partial charge >= 0.3 is 6.03 Å². The third-order valence-electron chi connectivity index (χ3n) is 3.04. The van der Waals surface area contributed by atoms with Gasteiger partial charge in [0.25, 0.3) is 0 Å². The molecule has 0 aromatic carbocycles. The Kier molecular flexibility index (Phi) is 5.02. The topological polar surface area (TPSA) is 47.3 Å². The fourth-order valence-electron chi connectivity index (χ4n) is 1.86. The summed E-state index contributed by atoms with van der Waals surface area (Å²) in [6, 6.07) is 2.26. The molecule has 0 bridgehead atoms. The molecular formula is C13H21N3O. The van der Waals surface area contributed by atoms with E-state index in [1.165, 1.54) is 5.57 Å². The Labute approximate surface area is 103 Å². The first-order valence-corrected chi connectivity index (χ1v) is 6.30. The maximum atomic E-state index is 11.9. The van der Waals surface area contributed by atoms with Crippen LogP contribution in [0.3, 0.4) is 0 Å². The molecule has 1 saturated heterocycles. The number of hydrogen-bond acceptors (Lipinski definition) is 2. The molecule has 0 N–H and O–H groups in total. The Balaban J connectivity index is 0.000000686. The van der Waals surface area contributed by atoms with Crippen molar-refractivity contribution in [3.63, 3.8) is 0 Å². The summed E-state index contributed by atoms with van der Waals surface area (Å²) >= 11 is 0. The van der Waals surface area contributed by atoms with E-state index in [0.29, 0.717) is 13.1 Å². The van der Waals surface area contributed by atoms with E-state index >= 15 is 0 Å².